The van der Waals surface area contributed by atoms with Gasteiger partial charge >= 0.3 is 5.97 Å². The first-order chi connectivity index (χ1) is 6.22. The summed E-state index contributed by atoms with van der Waals surface area (Å²) >= 11 is 0. The van der Waals surface area contributed by atoms with E-state index in [9.17, 15) is 4.79 Å². The zero-order valence-corrected chi connectivity index (χ0v) is 7.62. The SMILES string of the molecule is NCC[C@H]1CN[C@H](CC(=O)O)CN1. The van der Waals surface area contributed by atoms with E-state index in [0.717, 1.165) is 19.5 Å². The van der Waals surface area contributed by atoms with Gasteiger partial charge in [-0.15, -0.1) is 0 Å². The maximum Gasteiger partial charge on any atom is 0.304 e. The second-order valence-electron chi connectivity index (χ2n) is 3.39. The lowest BCUT2D eigenvalue weighted by atomic mass is 10.1. The Bertz CT molecular complexity index is 167. The third kappa shape index (κ3) is 3.71. The lowest BCUT2D eigenvalue weighted by molar-refractivity contribution is -0.137. The predicted octanol–water partition coefficient (Wildman–Crippen LogP) is -1.26. The third-order valence-corrected chi connectivity index (χ3v) is 2.24. The van der Waals surface area contributed by atoms with Crippen LogP contribution in [0, 0.1) is 0 Å². The van der Waals surface area contributed by atoms with Crippen LogP contribution in [0.15, 0.2) is 0 Å². The van der Waals surface area contributed by atoms with E-state index in [4.69, 9.17) is 10.8 Å². The number of carbonyl (C=O) groups is 1. The first-order valence-electron chi connectivity index (χ1n) is 4.61. The zero-order valence-electron chi connectivity index (χ0n) is 7.62. The number of nitrogens with one attached hydrogen (secondary N) is 2. The van der Waals surface area contributed by atoms with Gasteiger partial charge in [-0.2, -0.15) is 0 Å². The quantitative estimate of drug-likeness (QED) is 0.441. The van der Waals surface area contributed by atoms with Crippen LogP contribution in [0.2, 0.25) is 0 Å². The average molecular weight is 187 g/mol. The minimum Gasteiger partial charge on any atom is -0.481 e. The molecule has 0 amide bonds. The van der Waals surface area contributed by atoms with E-state index in [1.54, 1.807) is 0 Å². The number of hydrogen-bond acceptors (Lipinski definition) is 4. The van der Waals surface area contributed by atoms with Crippen molar-refractivity contribution in [1.29, 1.82) is 0 Å². The lowest BCUT2D eigenvalue weighted by Gasteiger charge is -2.30. The Morgan fingerprint density at radius 2 is 2.00 bits per heavy atom. The van der Waals surface area contributed by atoms with Crippen molar-refractivity contribution in [3.05, 3.63) is 0 Å². The van der Waals surface area contributed by atoms with Crippen molar-refractivity contribution in [3.8, 4) is 0 Å². The van der Waals surface area contributed by atoms with Crippen LogP contribution in [0.25, 0.3) is 0 Å². The van der Waals surface area contributed by atoms with E-state index in [1.165, 1.54) is 0 Å². The maximum absolute atomic E-state index is 10.4. The number of nitrogens with two attached hydrogens (primary N) is 1. The molecule has 1 saturated heterocycles. The molecule has 0 spiro atoms. The van der Waals surface area contributed by atoms with Gasteiger partial charge in [0.1, 0.15) is 0 Å². The van der Waals surface area contributed by atoms with Gasteiger partial charge in [0.25, 0.3) is 0 Å². The van der Waals surface area contributed by atoms with Crippen LogP contribution >= 0.6 is 0 Å². The number of carboxylic acid groups (broad SMARTS) is 1. The van der Waals surface area contributed by atoms with Gasteiger partial charge in [0, 0.05) is 25.2 Å². The minimum absolute atomic E-state index is 0.0616. The van der Waals surface area contributed by atoms with E-state index in [1.807, 2.05) is 0 Å². The summed E-state index contributed by atoms with van der Waals surface area (Å²) in [7, 11) is 0. The van der Waals surface area contributed by atoms with Gasteiger partial charge in [0.05, 0.1) is 6.42 Å². The summed E-state index contributed by atoms with van der Waals surface area (Å²) in [5, 5.41) is 15.0. The Balaban J connectivity index is 2.18. The number of carboxylic acids is 1. The second-order valence-corrected chi connectivity index (χ2v) is 3.39. The van der Waals surface area contributed by atoms with Crippen LogP contribution in [0.4, 0.5) is 0 Å². The molecule has 76 valence electrons. The molecule has 1 aliphatic rings. The van der Waals surface area contributed by atoms with Crippen molar-refractivity contribution < 1.29 is 9.90 Å². The molecule has 0 bridgehead atoms. The van der Waals surface area contributed by atoms with Gasteiger partial charge in [0.2, 0.25) is 0 Å². The molecule has 13 heavy (non-hydrogen) atoms. The first kappa shape index (κ1) is 10.4. The van der Waals surface area contributed by atoms with Crippen LogP contribution in [-0.4, -0.2) is 42.8 Å². The molecule has 5 heteroatoms. The summed E-state index contributed by atoms with van der Waals surface area (Å²) in [6.07, 6.45) is 1.12. The highest BCUT2D eigenvalue weighted by molar-refractivity contribution is 5.67. The summed E-state index contributed by atoms with van der Waals surface area (Å²) in [6, 6.07) is 0.460. The fourth-order valence-electron chi connectivity index (χ4n) is 1.52. The molecule has 5 nitrogen and oxygen atoms in total. The molecule has 0 radical (unpaired) electrons. The van der Waals surface area contributed by atoms with Gasteiger partial charge in [0.15, 0.2) is 0 Å². The molecule has 1 rings (SSSR count). The highest BCUT2D eigenvalue weighted by atomic mass is 16.4. The minimum atomic E-state index is -0.753. The molecule has 0 saturated carbocycles. The highest BCUT2D eigenvalue weighted by Gasteiger charge is 2.20. The van der Waals surface area contributed by atoms with Gasteiger partial charge in [-0.25, -0.2) is 0 Å². The third-order valence-electron chi connectivity index (χ3n) is 2.24. The van der Waals surface area contributed by atoms with Gasteiger partial charge in [-0.3, -0.25) is 4.79 Å². The summed E-state index contributed by atoms with van der Waals surface area (Å²) in [5.74, 6) is -0.753. The fraction of sp³-hybridized carbons (Fsp3) is 0.875. The summed E-state index contributed by atoms with van der Waals surface area (Å²) < 4.78 is 0. The first-order valence-corrected chi connectivity index (χ1v) is 4.61. The standard InChI is InChI=1S/C8H17N3O2/c9-2-1-6-4-11-7(5-10-6)3-8(12)13/h6-7,10-11H,1-5,9H2,(H,12,13)/t6-,7+/m0/s1. The summed E-state index contributed by atoms with van der Waals surface area (Å²) in [6.45, 7) is 2.20. The molecule has 5 N–H and O–H groups in total. The Morgan fingerprint density at radius 1 is 1.38 bits per heavy atom. The summed E-state index contributed by atoms with van der Waals surface area (Å²) in [5.41, 5.74) is 5.41. The van der Waals surface area contributed by atoms with Crippen molar-refractivity contribution in [2.24, 2.45) is 5.73 Å². The van der Waals surface area contributed by atoms with E-state index in [0.29, 0.717) is 12.6 Å². The Kier molecular flexibility index (Phi) is 4.14. The molecule has 1 heterocycles. The van der Waals surface area contributed by atoms with Crippen molar-refractivity contribution in [2.45, 2.75) is 24.9 Å². The predicted molar refractivity (Wildman–Crippen MR) is 49.5 cm³/mol. The zero-order chi connectivity index (χ0) is 9.68. The van der Waals surface area contributed by atoms with E-state index < -0.39 is 5.97 Å². The molecular weight excluding hydrogens is 170 g/mol. The average Bonchev–Trinajstić information content (AvgIpc) is 2.08. The van der Waals surface area contributed by atoms with Crippen molar-refractivity contribution in [2.75, 3.05) is 19.6 Å². The van der Waals surface area contributed by atoms with Crippen LogP contribution in [0.5, 0.6) is 0 Å². The van der Waals surface area contributed by atoms with E-state index in [2.05, 4.69) is 10.6 Å². The van der Waals surface area contributed by atoms with Crippen LogP contribution in [-0.2, 0) is 4.79 Å². The highest BCUT2D eigenvalue weighted by Crippen LogP contribution is 2.00. The Morgan fingerprint density at radius 3 is 2.46 bits per heavy atom. The number of aliphatic carboxylic acids is 1. The van der Waals surface area contributed by atoms with Crippen LogP contribution in [0.1, 0.15) is 12.8 Å². The molecule has 2 atom stereocenters. The van der Waals surface area contributed by atoms with E-state index in [-0.39, 0.29) is 12.5 Å². The molecule has 0 unspecified atom stereocenters. The molecular formula is C8H17N3O2. The molecule has 0 aromatic heterocycles. The van der Waals surface area contributed by atoms with Gasteiger partial charge in [-0.05, 0) is 13.0 Å². The van der Waals surface area contributed by atoms with Crippen LogP contribution < -0.4 is 16.4 Å². The van der Waals surface area contributed by atoms with Crippen molar-refractivity contribution >= 4 is 5.97 Å². The number of hydrogen-bond donors (Lipinski definition) is 4. The lowest BCUT2D eigenvalue weighted by Crippen LogP contribution is -2.55. The van der Waals surface area contributed by atoms with Crippen molar-refractivity contribution in [3.63, 3.8) is 0 Å². The number of piperazine rings is 1. The largest absolute Gasteiger partial charge is 0.481 e. The molecule has 0 aromatic carbocycles. The monoisotopic (exact) mass is 187 g/mol. The molecule has 0 aliphatic carbocycles. The smallest absolute Gasteiger partial charge is 0.304 e. The van der Waals surface area contributed by atoms with Crippen molar-refractivity contribution in [1.82, 2.24) is 10.6 Å². The fourth-order valence-corrected chi connectivity index (χ4v) is 1.52. The van der Waals surface area contributed by atoms with E-state index >= 15 is 0 Å². The Hall–Kier alpha value is -0.650. The van der Waals surface area contributed by atoms with Gasteiger partial charge in [-0.1, -0.05) is 0 Å². The molecule has 0 aromatic rings. The topological polar surface area (TPSA) is 87.4 Å². The normalized spacial score (nSPS) is 28.7. The van der Waals surface area contributed by atoms with Crippen LogP contribution in [0.3, 0.4) is 0 Å². The second kappa shape index (κ2) is 5.16. The number of rotatable bonds is 4. The summed E-state index contributed by atoms with van der Waals surface area (Å²) in [4.78, 5) is 10.4. The molecule has 1 fully saturated rings. The Labute approximate surface area is 77.7 Å². The molecule has 1 aliphatic heterocycles. The van der Waals surface area contributed by atoms with Gasteiger partial charge < -0.3 is 21.5 Å². The maximum atomic E-state index is 10.4.